The van der Waals surface area contributed by atoms with Crippen molar-refractivity contribution >= 4 is 29.3 Å². The molecule has 1 unspecified atom stereocenters. The molecule has 5 nitrogen and oxygen atoms in total. The van der Waals surface area contributed by atoms with Gasteiger partial charge in [-0.15, -0.1) is 11.8 Å². The third-order valence-electron chi connectivity index (χ3n) is 6.36. The van der Waals surface area contributed by atoms with E-state index in [1.165, 1.54) is 62.7 Å². The molecule has 0 radical (unpaired) electrons. The summed E-state index contributed by atoms with van der Waals surface area (Å²) < 4.78 is 0. The Bertz CT molecular complexity index is 789. The van der Waals surface area contributed by atoms with Gasteiger partial charge in [-0.2, -0.15) is 0 Å². The molecule has 0 aliphatic carbocycles. The van der Waals surface area contributed by atoms with Gasteiger partial charge in [0.25, 0.3) is 0 Å². The standard InChI is InChI=1S/C29H50N2O3S/c1-8-9-10-11-12-13-14-15-16-17-18-35-23(3)28(34)31(7)21-26(32)30-24-19-22(2)27(33)25(20-24)29(4,5)6/h19-20,23,33H,8-18,21H2,1-7H3,(H,30,32). The molecule has 1 rings (SSSR count). The number of rotatable bonds is 16. The molecule has 1 aromatic carbocycles. The smallest absolute Gasteiger partial charge is 0.243 e. The number of aromatic hydroxyl groups is 1. The summed E-state index contributed by atoms with van der Waals surface area (Å²) in [6, 6.07) is 3.57. The van der Waals surface area contributed by atoms with Crippen molar-refractivity contribution in [3.63, 3.8) is 0 Å². The summed E-state index contributed by atoms with van der Waals surface area (Å²) in [5.74, 6) is 0.981. The zero-order valence-electron chi connectivity index (χ0n) is 23.3. The number of phenols is 1. The number of likely N-dealkylation sites (N-methyl/N-ethyl adjacent to an activating group) is 1. The number of anilines is 1. The van der Waals surface area contributed by atoms with Gasteiger partial charge in [-0.1, -0.05) is 85.5 Å². The van der Waals surface area contributed by atoms with E-state index in [2.05, 4.69) is 12.2 Å². The van der Waals surface area contributed by atoms with Crippen LogP contribution in [-0.2, 0) is 15.0 Å². The highest BCUT2D eigenvalue weighted by Gasteiger charge is 2.22. The number of phenolic OH excluding ortho intramolecular Hbond substituents is 1. The number of nitrogens with zero attached hydrogens (tertiary/aromatic N) is 1. The van der Waals surface area contributed by atoms with Gasteiger partial charge in [0.2, 0.25) is 11.8 Å². The van der Waals surface area contributed by atoms with Gasteiger partial charge < -0.3 is 15.3 Å². The summed E-state index contributed by atoms with van der Waals surface area (Å²) >= 11 is 1.68. The van der Waals surface area contributed by atoms with Crippen molar-refractivity contribution in [1.29, 1.82) is 0 Å². The lowest BCUT2D eigenvalue weighted by Crippen LogP contribution is -2.39. The van der Waals surface area contributed by atoms with Crippen molar-refractivity contribution in [1.82, 2.24) is 4.90 Å². The third kappa shape index (κ3) is 12.2. The molecular formula is C29H50N2O3S. The first kappa shape index (κ1) is 31.3. The van der Waals surface area contributed by atoms with E-state index < -0.39 is 0 Å². The Morgan fingerprint density at radius 1 is 1.00 bits per heavy atom. The first-order valence-corrected chi connectivity index (χ1v) is 14.5. The van der Waals surface area contributed by atoms with Crippen LogP contribution >= 0.6 is 11.8 Å². The van der Waals surface area contributed by atoms with Crippen molar-refractivity contribution in [3.05, 3.63) is 23.3 Å². The topological polar surface area (TPSA) is 69.6 Å². The highest BCUT2D eigenvalue weighted by Crippen LogP contribution is 2.35. The predicted octanol–water partition coefficient (Wildman–Crippen LogP) is 7.44. The molecule has 1 aromatic rings. The molecule has 200 valence electrons. The second-order valence-corrected chi connectivity index (χ2v) is 12.3. The van der Waals surface area contributed by atoms with E-state index in [0.29, 0.717) is 11.3 Å². The minimum absolute atomic E-state index is 0.00671. The number of hydrogen-bond acceptors (Lipinski definition) is 4. The molecule has 1 atom stereocenters. The predicted molar refractivity (Wildman–Crippen MR) is 152 cm³/mol. The molecule has 2 N–H and O–H groups in total. The molecule has 0 aliphatic rings. The number of thioether (sulfide) groups is 1. The van der Waals surface area contributed by atoms with Gasteiger partial charge in [0.1, 0.15) is 5.75 Å². The minimum atomic E-state index is -0.247. The van der Waals surface area contributed by atoms with Gasteiger partial charge in [-0.25, -0.2) is 0 Å². The first-order chi connectivity index (χ1) is 16.5. The number of benzene rings is 1. The Kier molecular flexibility index (Phi) is 14.4. The van der Waals surface area contributed by atoms with E-state index >= 15 is 0 Å². The van der Waals surface area contributed by atoms with Crippen molar-refractivity contribution in [2.75, 3.05) is 24.7 Å². The molecule has 0 fully saturated rings. The van der Waals surface area contributed by atoms with Crippen LogP contribution in [0.2, 0.25) is 0 Å². The quantitative estimate of drug-likeness (QED) is 0.181. The van der Waals surface area contributed by atoms with Crippen LogP contribution < -0.4 is 5.32 Å². The van der Waals surface area contributed by atoms with Gasteiger partial charge in [-0.3, -0.25) is 9.59 Å². The normalized spacial score (nSPS) is 12.4. The van der Waals surface area contributed by atoms with E-state index in [-0.39, 0.29) is 34.8 Å². The summed E-state index contributed by atoms with van der Waals surface area (Å²) in [7, 11) is 1.68. The molecule has 0 spiro atoms. The van der Waals surface area contributed by atoms with Gasteiger partial charge in [-0.05, 0) is 49.1 Å². The summed E-state index contributed by atoms with van der Waals surface area (Å²) in [5, 5.41) is 13.1. The maximum Gasteiger partial charge on any atom is 0.243 e. The molecule has 6 heteroatoms. The van der Waals surface area contributed by atoms with Crippen LogP contribution in [0.1, 0.15) is 110 Å². The molecule has 0 bridgehead atoms. The molecule has 0 aliphatic heterocycles. The summed E-state index contributed by atoms with van der Waals surface area (Å²) in [4.78, 5) is 26.8. The number of hydrogen-bond donors (Lipinski definition) is 2. The van der Waals surface area contributed by atoms with Crippen molar-refractivity contribution in [2.24, 2.45) is 0 Å². The Hall–Kier alpha value is -1.69. The van der Waals surface area contributed by atoms with Crippen LogP contribution in [0.3, 0.4) is 0 Å². The number of aryl methyl sites for hydroxylation is 1. The van der Waals surface area contributed by atoms with Crippen LogP contribution in [0.15, 0.2) is 12.1 Å². The van der Waals surface area contributed by atoms with E-state index in [9.17, 15) is 14.7 Å². The Morgan fingerprint density at radius 3 is 2.09 bits per heavy atom. The highest BCUT2D eigenvalue weighted by atomic mass is 32.2. The molecule has 0 saturated heterocycles. The molecule has 0 aromatic heterocycles. The van der Waals surface area contributed by atoms with Crippen LogP contribution in [0.25, 0.3) is 0 Å². The fourth-order valence-electron chi connectivity index (χ4n) is 4.15. The number of nitrogens with one attached hydrogen (secondary N) is 1. The zero-order chi connectivity index (χ0) is 26.4. The first-order valence-electron chi connectivity index (χ1n) is 13.5. The minimum Gasteiger partial charge on any atom is -0.507 e. The van der Waals surface area contributed by atoms with E-state index in [1.807, 2.05) is 40.7 Å². The zero-order valence-corrected chi connectivity index (χ0v) is 24.2. The number of unbranched alkanes of at least 4 members (excludes halogenated alkanes) is 9. The summed E-state index contributed by atoms with van der Waals surface area (Å²) in [6.07, 6.45) is 13.1. The summed E-state index contributed by atoms with van der Waals surface area (Å²) in [6.45, 7) is 12.1. The average molecular weight is 507 g/mol. The van der Waals surface area contributed by atoms with Crippen LogP contribution in [0.5, 0.6) is 5.75 Å². The fraction of sp³-hybridized carbons (Fsp3) is 0.724. The van der Waals surface area contributed by atoms with Gasteiger partial charge >= 0.3 is 0 Å². The second-order valence-electron chi connectivity index (χ2n) is 10.9. The lowest BCUT2D eigenvalue weighted by molar-refractivity contribution is -0.132. The lowest BCUT2D eigenvalue weighted by atomic mass is 9.85. The largest absolute Gasteiger partial charge is 0.507 e. The monoisotopic (exact) mass is 506 g/mol. The van der Waals surface area contributed by atoms with Crippen LogP contribution in [-0.4, -0.2) is 46.4 Å². The maximum atomic E-state index is 12.7. The van der Waals surface area contributed by atoms with Crippen LogP contribution in [0, 0.1) is 6.92 Å². The number of carbonyl (C=O) groups excluding carboxylic acids is 2. The van der Waals surface area contributed by atoms with Crippen molar-refractivity contribution in [3.8, 4) is 5.75 Å². The molecular weight excluding hydrogens is 456 g/mol. The lowest BCUT2D eigenvalue weighted by Gasteiger charge is -2.23. The highest BCUT2D eigenvalue weighted by molar-refractivity contribution is 8.00. The average Bonchev–Trinajstić information content (AvgIpc) is 2.78. The number of amides is 2. The Labute approximate surface area is 218 Å². The van der Waals surface area contributed by atoms with Gasteiger partial charge in [0.15, 0.2) is 0 Å². The van der Waals surface area contributed by atoms with E-state index in [1.54, 1.807) is 24.9 Å². The van der Waals surface area contributed by atoms with E-state index in [0.717, 1.165) is 17.7 Å². The maximum absolute atomic E-state index is 12.7. The molecule has 2 amide bonds. The molecule has 0 saturated carbocycles. The second kappa shape index (κ2) is 16.1. The number of carbonyl (C=O) groups is 2. The SMILES string of the molecule is CCCCCCCCCCCCSC(C)C(=O)N(C)CC(=O)Nc1cc(C)c(O)c(C(C)(C)C)c1. The Balaban J connectivity index is 2.34. The van der Waals surface area contributed by atoms with E-state index in [4.69, 9.17) is 0 Å². The van der Waals surface area contributed by atoms with Crippen molar-refractivity contribution < 1.29 is 14.7 Å². The molecule has 0 heterocycles. The van der Waals surface area contributed by atoms with Crippen molar-refractivity contribution in [2.45, 2.75) is 116 Å². The van der Waals surface area contributed by atoms with Crippen LogP contribution in [0.4, 0.5) is 5.69 Å². The fourth-order valence-corrected chi connectivity index (χ4v) is 5.20. The Morgan fingerprint density at radius 2 is 1.54 bits per heavy atom. The third-order valence-corrected chi connectivity index (χ3v) is 7.59. The van der Waals surface area contributed by atoms with Gasteiger partial charge in [0, 0.05) is 18.3 Å². The molecule has 35 heavy (non-hydrogen) atoms. The van der Waals surface area contributed by atoms with Gasteiger partial charge in [0.05, 0.1) is 11.8 Å². The summed E-state index contributed by atoms with van der Waals surface area (Å²) in [5.41, 5.74) is 1.89.